The highest BCUT2D eigenvalue weighted by Gasteiger charge is 2.21. The number of carboxylic acid groups (broad SMARTS) is 1. The van der Waals surface area contributed by atoms with E-state index >= 15 is 0 Å². The Kier molecular flexibility index (Phi) is 5.29. The summed E-state index contributed by atoms with van der Waals surface area (Å²) in [5, 5.41) is 11.4. The second kappa shape index (κ2) is 6.51. The highest BCUT2D eigenvalue weighted by Crippen LogP contribution is 2.29. The summed E-state index contributed by atoms with van der Waals surface area (Å²) < 4.78 is 0. The summed E-state index contributed by atoms with van der Waals surface area (Å²) >= 11 is 0. The summed E-state index contributed by atoms with van der Waals surface area (Å²) in [7, 11) is 0. The van der Waals surface area contributed by atoms with E-state index in [2.05, 4.69) is 5.32 Å². The summed E-state index contributed by atoms with van der Waals surface area (Å²) in [6.07, 6.45) is 5.81. The van der Waals surface area contributed by atoms with Crippen molar-refractivity contribution < 1.29 is 14.7 Å². The monoisotopic (exact) mass is 227 g/mol. The van der Waals surface area contributed by atoms with Gasteiger partial charge in [-0.25, -0.2) is 0 Å². The van der Waals surface area contributed by atoms with Crippen molar-refractivity contribution in [3.05, 3.63) is 0 Å². The Balaban J connectivity index is 2.05. The van der Waals surface area contributed by atoms with E-state index in [9.17, 15) is 9.59 Å². The molecule has 1 amide bonds. The molecule has 2 N–H and O–H groups in total. The molecule has 1 aliphatic rings. The molecule has 0 spiro atoms. The molecule has 0 heterocycles. The lowest BCUT2D eigenvalue weighted by atomic mass is 9.83. The standard InChI is InChI=1S/C12H21NO3/c1-9(4-2-7-12(15)16)13-11(14)8-10-5-3-6-10/h9-10H,2-8H2,1H3,(H,13,14)(H,15,16). The number of carbonyl (C=O) groups is 2. The minimum absolute atomic E-state index is 0.0897. The van der Waals surface area contributed by atoms with E-state index in [4.69, 9.17) is 5.11 Å². The van der Waals surface area contributed by atoms with Gasteiger partial charge >= 0.3 is 5.97 Å². The molecule has 1 rings (SSSR count). The fourth-order valence-corrected chi connectivity index (χ4v) is 1.92. The summed E-state index contributed by atoms with van der Waals surface area (Å²) in [6.45, 7) is 1.93. The number of rotatable bonds is 7. The second-order valence-corrected chi connectivity index (χ2v) is 4.76. The van der Waals surface area contributed by atoms with Crippen molar-refractivity contribution in [3.8, 4) is 0 Å². The first-order chi connectivity index (χ1) is 7.58. The van der Waals surface area contributed by atoms with Crippen LogP contribution < -0.4 is 5.32 Å². The van der Waals surface area contributed by atoms with Gasteiger partial charge in [0.25, 0.3) is 0 Å². The van der Waals surface area contributed by atoms with Crippen LogP contribution in [-0.4, -0.2) is 23.0 Å². The van der Waals surface area contributed by atoms with Crippen LogP contribution in [0.4, 0.5) is 0 Å². The maximum atomic E-state index is 11.5. The number of hydrogen-bond donors (Lipinski definition) is 2. The predicted octanol–water partition coefficient (Wildman–Crippen LogP) is 1.94. The van der Waals surface area contributed by atoms with Gasteiger partial charge in [0.15, 0.2) is 0 Å². The molecule has 4 nitrogen and oxygen atoms in total. The minimum atomic E-state index is -0.770. The maximum Gasteiger partial charge on any atom is 0.303 e. The fraction of sp³-hybridized carbons (Fsp3) is 0.833. The zero-order valence-electron chi connectivity index (χ0n) is 9.87. The molecule has 0 aromatic heterocycles. The first kappa shape index (κ1) is 13.0. The third-order valence-corrected chi connectivity index (χ3v) is 3.13. The second-order valence-electron chi connectivity index (χ2n) is 4.76. The summed E-state index contributed by atoms with van der Waals surface area (Å²) in [6, 6.07) is 0.0897. The van der Waals surface area contributed by atoms with Gasteiger partial charge < -0.3 is 10.4 Å². The van der Waals surface area contributed by atoms with Gasteiger partial charge in [-0.05, 0) is 38.5 Å². The molecule has 0 bridgehead atoms. The minimum Gasteiger partial charge on any atom is -0.481 e. The number of carbonyl (C=O) groups excluding carboxylic acids is 1. The van der Waals surface area contributed by atoms with Gasteiger partial charge in [0, 0.05) is 18.9 Å². The SMILES string of the molecule is CC(CCCC(=O)O)NC(=O)CC1CCC1. The fourth-order valence-electron chi connectivity index (χ4n) is 1.92. The van der Waals surface area contributed by atoms with E-state index in [1.807, 2.05) is 6.92 Å². The van der Waals surface area contributed by atoms with Crippen molar-refractivity contribution in [2.45, 2.75) is 57.9 Å². The lowest BCUT2D eigenvalue weighted by Crippen LogP contribution is -2.34. The Hall–Kier alpha value is -1.06. The number of aliphatic carboxylic acids is 1. The van der Waals surface area contributed by atoms with Crippen LogP contribution in [0.3, 0.4) is 0 Å². The van der Waals surface area contributed by atoms with Gasteiger partial charge in [0.2, 0.25) is 5.91 Å². The zero-order valence-corrected chi connectivity index (χ0v) is 9.87. The van der Waals surface area contributed by atoms with Gasteiger partial charge in [-0.3, -0.25) is 9.59 Å². The molecule has 0 aliphatic heterocycles. The van der Waals surface area contributed by atoms with Crippen molar-refractivity contribution in [3.63, 3.8) is 0 Å². The Labute approximate surface area is 96.4 Å². The van der Waals surface area contributed by atoms with E-state index in [1.165, 1.54) is 19.3 Å². The molecule has 0 aromatic carbocycles. The average Bonchev–Trinajstić information content (AvgIpc) is 2.10. The molecule has 1 saturated carbocycles. The molecule has 92 valence electrons. The van der Waals surface area contributed by atoms with E-state index < -0.39 is 5.97 Å². The van der Waals surface area contributed by atoms with Crippen LogP contribution in [0.25, 0.3) is 0 Å². The first-order valence-electron chi connectivity index (χ1n) is 6.09. The predicted molar refractivity (Wildman–Crippen MR) is 61.0 cm³/mol. The highest BCUT2D eigenvalue weighted by molar-refractivity contribution is 5.76. The molecule has 0 saturated heterocycles. The Morgan fingerprint density at radius 2 is 2.12 bits per heavy atom. The molecule has 1 atom stereocenters. The van der Waals surface area contributed by atoms with Gasteiger partial charge in [0.1, 0.15) is 0 Å². The number of amides is 1. The van der Waals surface area contributed by atoms with Crippen molar-refractivity contribution in [1.82, 2.24) is 5.32 Å². The van der Waals surface area contributed by atoms with Crippen LogP contribution in [0.1, 0.15) is 51.9 Å². The van der Waals surface area contributed by atoms with Gasteiger partial charge in [-0.15, -0.1) is 0 Å². The van der Waals surface area contributed by atoms with Crippen LogP contribution in [0, 0.1) is 5.92 Å². The topological polar surface area (TPSA) is 66.4 Å². The molecule has 1 fully saturated rings. The van der Waals surface area contributed by atoms with Crippen LogP contribution in [0.5, 0.6) is 0 Å². The third-order valence-electron chi connectivity index (χ3n) is 3.13. The normalized spacial score (nSPS) is 17.6. The smallest absolute Gasteiger partial charge is 0.303 e. The Morgan fingerprint density at radius 1 is 1.44 bits per heavy atom. The van der Waals surface area contributed by atoms with Crippen LogP contribution in [-0.2, 0) is 9.59 Å². The average molecular weight is 227 g/mol. The lowest BCUT2D eigenvalue weighted by Gasteiger charge is -2.25. The van der Waals surface area contributed by atoms with E-state index in [-0.39, 0.29) is 18.4 Å². The molecular weight excluding hydrogens is 206 g/mol. The number of hydrogen-bond acceptors (Lipinski definition) is 2. The quantitative estimate of drug-likeness (QED) is 0.698. The van der Waals surface area contributed by atoms with Crippen molar-refractivity contribution >= 4 is 11.9 Å². The van der Waals surface area contributed by atoms with E-state index in [0.29, 0.717) is 18.8 Å². The molecule has 0 aromatic rings. The number of nitrogens with one attached hydrogen (secondary N) is 1. The van der Waals surface area contributed by atoms with Crippen molar-refractivity contribution in [1.29, 1.82) is 0 Å². The molecule has 4 heteroatoms. The van der Waals surface area contributed by atoms with Gasteiger partial charge in [0.05, 0.1) is 0 Å². The van der Waals surface area contributed by atoms with Crippen LogP contribution in [0.2, 0.25) is 0 Å². The maximum absolute atomic E-state index is 11.5. The van der Waals surface area contributed by atoms with E-state index in [1.54, 1.807) is 0 Å². The number of carboxylic acids is 1. The lowest BCUT2D eigenvalue weighted by molar-refractivity contribution is -0.137. The molecule has 0 radical (unpaired) electrons. The molecule has 16 heavy (non-hydrogen) atoms. The summed E-state index contributed by atoms with van der Waals surface area (Å²) in [5.41, 5.74) is 0. The third kappa shape index (κ3) is 5.14. The first-order valence-corrected chi connectivity index (χ1v) is 6.09. The van der Waals surface area contributed by atoms with Crippen LogP contribution in [0.15, 0.2) is 0 Å². The van der Waals surface area contributed by atoms with Gasteiger partial charge in [-0.2, -0.15) is 0 Å². The summed E-state index contributed by atoms with van der Waals surface area (Å²) in [4.78, 5) is 21.8. The van der Waals surface area contributed by atoms with Crippen molar-refractivity contribution in [2.24, 2.45) is 5.92 Å². The Bertz CT molecular complexity index is 249. The highest BCUT2D eigenvalue weighted by atomic mass is 16.4. The van der Waals surface area contributed by atoms with E-state index in [0.717, 1.165) is 6.42 Å². The van der Waals surface area contributed by atoms with Gasteiger partial charge in [-0.1, -0.05) is 6.42 Å². The zero-order chi connectivity index (χ0) is 12.0. The van der Waals surface area contributed by atoms with Crippen molar-refractivity contribution in [2.75, 3.05) is 0 Å². The summed E-state index contributed by atoms with van der Waals surface area (Å²) in [5.74, 6) is -0.0632. The Morgan fingerprint density at radius 3 is 2.62 bits per heavy atom. The molecule has 1 aliphatic carbocycles. The molecular formula is C12H21NO3. The molecule has 1 unspecified atom stereocenters. The van der Waals surface area contributed by atoms with Crippen LogP contribution >= 0.6 is 0 Å². The largest absolute Gasteiger partial charge is 0.481 e.